The van der Waals surface area contributed by atoms with Crippen LogP contribution in [0.25, 0.3) is 16.3 Å². The van der Waals surface area contributed by atoms with Gasteiger partial charge in [0, 0.05) is 22.9 Å². The maximum Gasteiger partial charge on any atom is 0.162 e. The third-order valence-corrected chi connectivity index (χ3v) is 6.88. The molecular formula is C25H21Cl2NO. The van der Waals surface area contributed by atoms with Crippen molar-refractivity contribution < 1.29 is 4.79 Å². The average molecular weight is 422 g/mol. The Labute approximate surface area is 180 Å². The number of ketones is 1. The molecule has 2 aliphatic rings. The molecule has 1 atom stereocenters. The predicted octanol–water partition coefficient (Wildman–Crippen LogP) is 7.46. The third kappa shape index (κ3) is 2.97. The van der Waals surface area contributed by atoms with E-state index in [1.165, 1.54) is 5.39 Å². The van der Waals surface area contributed by atoms with E-state index in [1.807, 2.05) is 24.3 Å². The normalized spacial score (nSPS) is 20.3. The van der Waals surface area contributed by atoms with Gasteiger partial charge in [0.25, 0.3) is 0 Å². The first-order valence-electron chi connectivity index (χ1n) is 9.84. The lowest BCUT2D eigenvalue weighted by molar-refractivity contribution is -0.118. The molecule has 3 aromatic rings. The maximum atomic E-state index is 13.3. The highest BCUT2D eigenvalue weighted by molar-refractivity contribution is 6.42. The summed E-state index contributed by atoms with van der Waals surface area (Å²) in [4.78, 5) is 13.3. The lowest BCUT2D eigenvalue weighted by Crippen LogP contribution is -2.33. The van der Waals surface area contributed by atoms with E-state index in [-0.39, 0.29) is 17.2 Å². The number of fused-ring (bicyclic) bond motifs is 4. The Morgan fingerprint density at radius 1 is 0.966 bits per heavy atom. The lowest BCUT2D eigenvalue weighted by atomic mass is 9.68. The van der Waals surface area contributed by atoms with Gasteiger partial charge in [-0.15, -0.1) is 0 Å². The first kappa shape index (κ1) is 18.7. The second-order valence-electron chi connectivity index (χ2n) is 8.76. The molecule has 0 radical (unpaired) electrons. The van der Waals surface area contributed by atoms with Gasteiger partial charge < -0.3 is 5.32 Å². The van der Waals surface area contributed by atoms with Crippen molar-refractivity contribution in [3.63, 3.8) is 0 Å². The van der Waals surface area contributed by atoms with Crippen molar-refractivity contribution in [2.45, 2.75) is 32.7 Å². The Morgan fingerprint density at radius 3 is 2.59 bits per heavy atom. The van der Waals surface area contributed by atoms with E-state index in [0.29, 0.717) is 16.5 Å². The number of Topliss-reactive ketones (excluding diaryl/α,β-unsaturated/α-hetero) is 1. The molecule has 1 N–H and O–H groups in total. The average Bonchev–Trinajstić information content (AvgIpc) is 2.68. The molecule has 146 valence electrons. The van der Waals surface area contributed by atoms with Crippen LogP contribution in [0.1, 0.15) is 43.9 Å². The number of rotatable bonds is 1. The number of halogens is 2. The van der Waals surface area contributed by atoms with Gasteiger partial charge in [0.15, 0.2) is 5.78 Å². The summed E-state index contributed by atoms with van der Waals surface area (Å²) in [7, 11) is 0. The van der Waals surface area contributed by atoms with Crippen LogP contribution in [0.3, 0.4) is 0 Å². The quantitative estimate of drug-likeness (QED) is 0.441. The zero-order valence-corrected chi connectivity index (χ0v) is 17.9. The summed E-state index contributed by atoms with van der Waals surface area (Å²) < 4.78 is 0. The van der Waals surface area contributed by atoms with E-state index >= 15 is 0 Å². The van der Waals surface area contributed by atoms with Gasteiger partial charge in [0.05, 0.1) is 21.8 Å². The van der Waals surface area contributed by atoms with E-state index in [4.69, 9.17) is 23.2 Å². The molecule has 0 bridgehead atoms. The van der Waals surface area contributed by atoms with Crippen molar-refractivity contribution in [1.82, 2.24) is 0 Å². The van der Waals surface area contributed by atoms with Gasteiger partial charge in [-0.3, -0.25) is 4.79 Å². The minimum atomic E-state index is -0.307. The standard InChI is InChI=1S/C25H21Cl2NO/c1-25(2)12-18-16-11-10-14-6-3-4-7-15(14)23(16)28-24(21(18)20(29)13-25)17-8-5-9-19(26)22(17)27/h3-11,24,28H,12-13H2,1-2H3. The number of benzene rings is 3. The van der Waals surface area contributed by atoms with Crippen LogP contribution < -0.4 is 5.32 Å². The minimum absolute atomic E-state index is 0.0706. The molecule has 4 heteroatoms. The van der Waals surface area contributed by atoms with Crippen LogP contribution >= 0.6 is 23.2 Å². The minimum Gasteiger partial charge on any atom is -0.373 e. The SMILES string of the molecule is CC1(C)CC(=O)C2=C(C1)c1ccc3ccccc3c1NC2c1cccc(Cl)c1Cl. The number of carbonyl (C=O) groups is 1. The van der Waals surface area contributed by atoms with Crippen molar-refractivity contribution in [2.24, 2.45) is 5.41 Å². The van der Waals surface area contributed by atoms with Crippen molar-refractivity contribution in [3.05, 3.63) is 81.3 Å². The first-order valence-corrected chi connectivity index (χ1v) is 10.6. The van der Waals surface area contributed by atoms with Crippen LogP contribution in [0.4, 0.5) is 5.69 Å². The fourth-order valence-corrected chi connectivity index (χ4v) is 5.20. The summed E-state index contributed by atoms with van der Waals surface area (Å²) in [6, 6.07) is 17.9. The fourth-order valence-electron chi connectivity index (χ4n) is 4.78. The van der Waals surface area contributed by atoms with E-state index in [9.17, 15) is 4.79 Å². The summed E-state index contributed by atoms with van der Waals surface area (Å²) in [6.45, 7) is 4.33. The van der Waals surface area contributed by atoms with Crippen molar-refractivity contribution >= 4 is 51.0 Å². The van der Waals surface area contributed by atoms with E-state index in [0.717, 1.165) is 39.8 Å². The number of allylic oxidation sites excluding steroid dienone is 1. The van der Waals surface area contributed by atoms with Crippen LogP contribution in [-0.2, 0) is 4.79 Å². The van der Waals surface area contributed by atoms with Crippen LogP contribution in [-0.4, -0.2) is 5.78 Å². The predicted molar refractivity (Wildman–Crippen MR) is 122 cm³/mol. The molecule has 1 heterocycles. The molecule has 5 rings (SSSR count). The van der Waals surface area contributed by atoms with Crippen molar-refractivity contribution in [3.8, 4) is 0 Å². The Hall–Kier alpha value is -2.29. The summed E-state index contributed by atoms with van der Waals surface area (Å²) in [5.74, 6) is 0.184. The second kappa shape index (κ2) is 6.62. The summed E-state index contributed by atoms with van der Waals surface area (Å²) in [5, 5.41) is 6.98. The summed E-state index contributed by atoms with van der Waals surface area (Å²) in [6.07, 6.45) is 1.39. The van der Waals surface area contributed by atoms with Gasteiger partial charge in [-0.2, -0.15) is 0 Å². The molecular weight excluding hydrogens is 401 g/mol. The molecule has 0 amide bonds. The molecule has 1 aliphatic carbocycles. The topological polar surface area (TPSA) is 29.1 Å². The number of nitrogens with one attached hydrogen (secondary N) is 1. The molecule has 0 aromatic heterocycles. The van der Waals surface area contributed by atoms with E-state index in [1.54, 1.807) is 6.07 Å². The number of carbonyl (C=O) groups excluding carboxylic acids is 1. The second-order valence-corrected chi connectivity index (χ2v) is 9.55. The Bertz CT molecular complexity index is 1210. The number of anilines is 1. The van der Waals surface area contributed by atoms with Gasteiger partial charge >= 0.3 is 0 Å². The maximum absolute atomic E-state index is 13.3. The highest BCUT2D eigenvalue weighted by Gasteiger charge is 2.41. The van der Waals surface area contributed by atoms with Gasteiger partial charge in [-0.25, -0.2) is 0 Å². The van der Waals surface area contributed by atoms with Crippen LogP contribution in [0.15, 0.2) is 60.2 Å². The molecule has 3 aromatic carbocycles. The highest BCUT2D eigenvalue weighted by Crippen LogP contribution is 2.52. The van der Waals surface area contributed by atoms with Crippen molar-refractivity contribution in [2.75, 3.05) is 5.32 Å². The molecule has 0 spiro atoms. The number of hydrogen-bond donors (Lipinski definition) is 1. The van der Waals surface area contributed by atoms with Crippen LogP contribution in [0.2, 0.25) is 10.0 Å². The Kier molecular flexibility index (Phi) is 4.27. The van der Waals surface area contributed by atoms with Gasteiger partial charge in [-0.05, 0) is 34.4 Å². The molecule has 0 saturated heterocycles. The zero-order valence-electron chi connectivity index (χ0n) is 16.4. The largest absolute Gasteiger partial charge is 0.373 e. The highest BCUT2D eigenvalue weighted by atomic mass is 35.5. The molecule has 29 heavy (non-hydrogen) atoms. The monoisotopic (exact) mass is 421 g/mol. The van der Waals surface area contributed by atoms with Gasteiger partial charge in [0.1, 0.15) is 0 Å². The van der Waals surface area contributed by atoms with Gasteiger partial charge in [-0.1, -0.05) is 85.6 Å². The molecule has 1 aliphatic heterocycles. The number of hydrogen-bond acceptors (Lipinski definition) is 2. The van der Waals surface area contributed by atoms with Crippen LogP contribution in [0.5, 0.6) is 0 Å². The Morgan fingerprint density at radius 2 is 1.76 bits per heavy atom. The summed E-state index contributed by atoms with van der Waals surface area (Å²) >= 11 is 12.9. The molecule has 0 saturated carbocycles. The smallest absolute Gasteiger partial charge is 0.162 e. The zero-order chi connectivity index (χ0) is 20.3. The third-order valence-electron chi connectivity index (χ3n) is 6.04. The lowest BCUT2D eigenvalue weighted by Gasteiger charge is -2.40. The van der Waals surface area contributed by atoms with Gasteiger partial charge in [0.2, 0.25) is 0 Å². The van der Waals surface area contributed by atoms with Crippen LogP contribution in [0, 0.1) is 5.41 Å². The van der Waals surface area contributed by atoms with Crippen molar-refractivity contribution in [1.29, 1.82) is 0 Å². The van der Waals surface area contributed by atoms with E-state index in [2.05, 4.69) is 43.4 Å². The van der Waals surface area contributed by atoms with E-state index < -0.39 is 0 Å². The molecule has 1 unspecified atom stereocenters. The summed E-state index contributed by atoms with van der Waals surface area (Å²) in [5.41, 5.74) is 4.92. The fraction of sp³-hybridized carbons (Fsp3) is 0.240. The molecule has 2 nitrogen and oxygen atoms in total. The first-order chi connectivity index (χ1) is 13.9. The molecule has 0 fully saturated rings. The Balaban J connectivity index is 1.82.